The van der Waals surface area contributed by atoms with E-state index < -0.39 is 29.7 Å². The van der Waals surface area contributed by atoms with Crippen LogP contribution < -0.4 is 5.32 Å². The predicted molar refractivity (Wildman–Crippen MR) is 110 cm³/mol. The van der Waals surface area contributed by atoms with Gasteiger partial charge in [0.15, 0.2) is 0 Å². The number of nitrogens with zero attached hydrogens (tertiary/aromatic N) is 1. The van der Waals surface area contributed by atoms with Gasteiger partial charge in [-0.15, -0.1) is 0 Å². The van der Waals surface area contributed by atoms with Crippen molar-refractivity contribution in [2.45, 2.75) is 12.5 Å². The van der Waals surface area contributed by atoms with Crippen LogP contribution >= 0.6 is 11.8 Å². The zero-order valence-corrected chi connectivity index (χ0v) is 16.8. The molecule has 1 aliphatic heterocycles. The van der Waals surface area contributed by atoms with Crippen LogP contribution in [-0.4, -0.2) is 53.8 Å². The Morgan fingerprint density at radius 3 is 2.14 bits per heavy atom. The lowest BCUT2D eigenvalue weighted by Crippen LogP contribution is -2.47. The molecule has 0 aliphatic carbocycles. The van der Waals surface area contributed by atoms with Crippen LogP contribution in [0, 0.1) is 0 Å². The zero-order chi connectivity index (χ0) is 21.0. The first-order valence-corrected chi connectivity index (χ1v) is 10.3. The molecule has 0 unspecified atom stereocenters. The van der Waals surface area contributed by atoms with E-state index in [1.807, 2.05) is 6.26 Å². The molecule has 1 aliphatic rings. The number of hydrogen-bond donors (Lipinski definition) is 1. The summed E-state index contributed by atoms with van der Waals surface area (Å²) in [6.07, 6.45) is 2.22. The molecule has 0 spiro atoms. The predicted octanol–water partition coefficient (Wildman–Crippen LogP) is 2.83. The van der Waals surface area contributed by atoms with Crippen molar-refractivity contribution in [2.75, 3.05) is 24.4 Å². The lowest BCUT2D eigenvalue weighted by Gasteiger charge is -2.25. The van der Waals surface area contributed by atoms with Gasteiger partial charge < -0.3 is 10.1 Å². The Kier molecular flexibility index (Phi) is 6.33. The molecule has 8 heteroatoms. The number of amides is 3. The highest BCUT2D eigenvalue weighted by Gasteiger charge is 2.42. The van der Waals surface area contributed by atoms with Crippen LogP contribution in [0.15, 0.2) is 48.5 Å². The van der Waals surface area contributed by atoms with E-state index in [1.54, 1.807) is 36.4 Å². The number of thioether (sulfide) groups is 1. The van der Waals surface area contributed by atoms with Crippen molar-refractivity contribution in [1.82, 2.24) is 4.90 Å². The zero-order valence-electron chi connectivity index (χ0n) is 16.0. The first kappa shape index (κ1) is 20.6. The van der Waals surface area contributed by atoms with Gasteiger partial charge in [-0.1, -0.05) is 12.1 Å². The fraction of sp³-hybridized carbons (Fsp3) is 0.238. The van der Waals surface area contributed by atoms with Gasteiger partial charge in [0, 0.05) is 5.69 Å². The van der Waals surface area contributed by atoms with E-state index >= 15 is 0 Å². The third-order valence-corrected chi connectivity index (χ3v) is 5.25. The SMILES string of the molecule is COC(=O)c1ccc(NC(=O)[C@@H](CCSC)N2C(=O)c3ccccc3C2=O)cc1. The summed E-state index contributed by atoms with van der Waals surface area (Å²) in [5.74, 6) is -1.26. The smallest absolute Gasteiger partial charge is 0.337 e. The van der Waals surface area contributed by atoms with Gasteiger partial charge in [-0.25, -0.2) is 4.79 Å². The number of imide groups is 1. The number of nitrogens with one attached hydrogen (secondary N) is 1. The molecule has 3 amide bonds. The summed E-state index contributed by atoms with van der Waals surface area (Å²) in [5, 5.41) is 2.73. The summed E-state index contributed by atoms with van der Waals surface area (Å²) in [6, 6.07) is 11.8. The number of hydrogen-bond acceptors (Lipinski definition) is 6. The minimum atomic E-state index is -0.935. The maximum atomic E-state index is 13.0. The number of methoxy groups -OCH3 is 1. The molecule has 0 saturated heterocycles. The standard InChI is InChI=1S/C21H20N2O5S/c1-28-21(27)13-7-9-14(10-8-13)22-18(24)17(11-12-29-2)23-19(25)15-5-3-4-6-16(15)20(23)26/h3-10,17H,11-12H2,1-2H3,(H,22,24)/t17-/m1/s1. The third-order valence-electron chi connectivity index (χ3n) is 4.61. The molecule has 150 valence electrons. The van der Waals surface area contributed by atoms with Gasteiger partial charge in [-0.3, -0.25) is 19.3 Å². The molecule has 29 heavy (non-hydrogen) atoms. The topological polar surface area (TPSA) is 92.8 Å². The van der Waals surface area contributed by atoms with Crippen LogP contribution in [0.4, 0.5) is 5.69 Å². The molecular weight excluding hydrogens is 392 g/mol. The van der Waals surface area contributed by atoms with Crippen molar-refractivity contribution in [2.24, 2.45) is 0 Å². The number of fused-ring (bicyclic) bond motifs is 1. The van der Waals surface area contributed by atoms with E-state index in [9.17, 15) is 19.2 Å². The summed E-state index contributed by atoms with van der Waals surface area (Å²) >= 11 is 1.53. The molecule has 3 rings (SSSR count). The fourth-order valence-electron chi connectivity index (χ4n) is 3.13. The third kappa shape index (κ3) is 4.17. The molecule has 1 atom stereocenters. The number of ether oxygens (including phenoxy) is 1. The van der Waals surface area contributed by atoms with Crippen LogP contribution in [0.2, 0.25) is 0 Å². The average molecular weight is 412 g/mol. The number of carbonyl (C=O) groups excluding carboxylic acids is 4. The van der Waals surface area contributed by atoms with Gasteiger partial charge in [-0.05, 0) is 54.8 Å². The lowest BCUT2D eigenvalue weighted by atomic mass is 10.1. The molecule has 0 saturated carbocycles. The van der Waals surface area contributed by atoms with Crippen molar-refractivity contribution in [3.63, 3.8) is 0 Å². The van der Waals surface area contributed by atoms with E-state index in [2.05, 4.69) is 10.1 Å². The molecule has 7 nitrogen and oxygen atoms in total. The summed E-state index contributed by atoms with van der Waals surface area (Å²) < 4.78 is 4.65. The Morgan fingerprint density at radius 1 is 1.03 bits per heavy atom. The highest BCUT2D eigenvalue weighted by Crippen LogP contribution is 2.26. The highest BCUT2D eigenvalue weighted by atomic mass is 32.2. The Hall–Kier alpha value is -3.13. The second-order valence-electron chi connectivity index (χ2n) is 6.38. The summed E-state index contributed by atoms with van der Waals surface area (Å²) in [4.78, 5) is 51.1. The average Bonchev–Trinajstić information content (AvgIpc) is 2.99. The number of anilines is 1. The Balaban J connectivity index is 1.82. The Labute approximate surface area is 172 Å². The van der Waals surface area contributed by atoms with Crippen LogP contribution in [-0.2, 0) is 9.53 Å². The number of carbonyl (C=O) groups is 4. The van der Waals surface area contributed by atoms with Crippen LogP contribution in [0.5, 0.6) is 0 Å². The van der Waals surface area contributed by atoms with Crippen molar-refractivity contribution in [3.05, 3.63) is 65.2 Å². The molecule has 0 fully saturated rings. The first-order chi connectivity index (χ1) is 14.0. The fourth-order valence-corrected chi connectivity index (χ4v) is 3.59. The van der Waals surface area contributed by atoms with Gasteiger partial charge in [0.1, 0.15) is 6.04 Å². The molecule has 0 bridgehead atoms. The van der Waals surface area contributed by atoms with Gasteiger partial charge in [0.25, 0.3) is 11.8 Å². The highest BCUT2D eigenvalue weighted by molar-refractivity contribution is 7.98. The van der Waals surface area contributed by atoms with E-state index in [0.717, 1.165) is 4.90 Å². The van der Waals surface area contributed by atoms with E-state index in [-0.39, 0.29) is 0 Å². The second-order valence-corrected chi connectivity index (χ2v) is 7.37. The number of esters is 1. The van der Waals surface area contributed by atoms with Crippen molar-refractivity contribution in [3.8, 4) is 0 Å². The Morgan fingerprint density at radius 2 is 1.62 bits per heavy atom. The monoisotopic (exact) mass is 412 g/mol. The van der Waals surface area contributed by atoms with Gasteiger partial charge >= 0.3 is 5.97 Å². The normalized spacial score (nSPS) is 13.8. The lowest BCUT2D eigenvalue weighted by molar-refractivity contribution is -0.120. The van der Waals surface area contributed by atoms with Gasteiger partial charge in [0.05, 0.1) is 23.8 Å². The number of benzene rings is 2. The maximum absolute atomic E-state index is 13.0. The molecule has 0 aromatic heterocycles. The minimum Gasteiger partial charge on any atom is -0.465 e. The largest absolute Gasteiger partial charge is 0.465 e. The molecule has 1 N–H and O–H groups in total. The molecule has 1 heterocycles. The molecule has 2 aromatic carbocycles. The van der Waals surface area contributed by atoms with Crippen molar-refractivity contribution >= 4 is 41.1 Å². The van der Waals surface area contributed by atoms with E-state index in [0.29, 0.717) is 34.6 Å². The first-order valence-electron chi connectivity index (χ1n) is 8.93. The van der Waals surface area contributed by atoms with Crippen LogP contribution in [0.1, 0.15) is 37.5 Å². The molecule has 0 radical (unpaired) electrons. The van der Waals surface area contributed by atoms with Crippen LogP contribution in [0.25, 0.3) is 0 Å². The minimum absolute atomic E-state index is 0.307. The van der Waals surface area contributed by atoms with E-state index in [1.165, 1.54) is 31.0 Å². The maximum Gasteiger partial charge on any atom is 0.337 e. The quantitative estimate of drug-likeness (QED) is 0.555. The van der Waals surface area contributed by atoms with Crippen molar-refractivity contribution < 1.29 is 23.9 Å². The van der Waals surface area contributed by atoms with Gasteiger partial charge in [0.2, 0.25) is 5.91 Å². The summed E-state index contributed by atoms with van der Waals surface area (Å²) in [5.41, 5.74) is 1.42. The van der Waals surface area contributed by atoms with Crippen LogP contribution in [0.3, 0.4) is 0 Å². The van der Waals surface area contributed by atoms with Gasteiger partial charge in [-0.2, -0.15) is 11.8 Å². The number of rotatable bonds is 7. The molecular formula is C21H20N2O5S. The molecule has 2 aromatic rings. The van der Waals surface area contributed by atoms with E-state index in [4.69, 9.17) is 0 Å². The summed E-state index contributed by atoms with van der Waals surface area (Å²) in [6.45, 7) is 0. The second kappa shape index (κ2) is 8.91. The van der Waals surface area contributed by atoms with Crippen molar-refractivity contribution in [1.29, 1.82) is 0 Å². The Bertz CT molecular complexity index is 923. The summed E-state index contributed by atoms with van der Waals surface area (Å²) in [7, 11) is 1.29.